The number of rotatable bonds is 8. The van der Waals surface area contributed by atoms with Crippen molar-refractivity contribution in [3.05, 3.63) is 112 Å². The molecule has 0 spiro atoms. The second-order valence-electron chi connectivity index (χ2n) is 10.1. The fourth-order valence-corrected chi connectivity index (χ4v) is 5.36. The van der Waals surface area contributed by atoms with E-state index in [9.17, 15) is 17.6 Å². The number of pyridine rings is 1. The fraction of sp³-hybridized carbons (Fsp3) is 0.250. The summed E-state index contributed by atoms with van der Waals surface area (Å²) < 4.78 is 63.5. The maximum Gasteiger partial charge on any atom is 0.280 e. The normalized spacial score (nSPS) is 15.0. The Morgan fingerprint density at radius 2 is 1.86 bits per heavy atom. The summed E-state index contributed by atoms with van der Waals surface area (Å²) in [5.74, 6) is -0.804. The zero-order chi connectivity index (χ0) is 29.4. The molecular weight excluding hydrogens is 546 g/mol. The van der Waals surface area contributed by atoms with Crippen molar-refractivity contribution < 1.29 is 22.3 Å². The van der Waals surface area contributed by atoms with Gasteiger partial charge >= 0.3 is 0 Å². The van der Waals surface area contributed by atoms with Gasteiger partial charge in [0, 0.05) is 51.7 Å². The van der Waals surface area contributed by atoms with E-state index in [1.165, 1.54) is 24.4 Å². The number of benzene rings is 2. The fourth-order valence-electron chi connectivity index (χ4n) is 5.36. The van der Waals surface area contributed by atoms with Gasteiger partial charge in [0.05, 0.1) is 18.7 Å². The van der Waals surface area contributed by atoms with Gasteiger partial charge in [-0.3, -0.25) is 9.67 Å². The Labute approximate surface area is 239 Å². The number of nitrogens with one attached hydrogen (secondary N) is 1. The van der Waals surface area contributed by atoms with E-state index < -0.39 is 18.1 Å². The molecule has 1 aliphatic carbocycles. The maximum absolute atomic E-state index is 15.0. The molecule has 3 heterocycles. The van der Waals surface area contributed by atoms with Crippen LogP contribution >= 0.6 is 0 Å². The van der Waals surface area contributed by atoms with Gasteiger partial charge in [-0.2, -0.15) is 5.10 Å². The summed E-state index contributed by atoms with van der Waals surface area (Å²) in [5, 5.41) is 8.78. The molecule has 214 valence electrons. The third kappa shape index (κ3) is 5.21. The van der Waals surface area contributed by atoms with E-state index in [1.54, 1.807) is 17.7 Å². The molecule has 6 nitrogen and oxygen atoms in total. The molecular formula is C32H27F4N5O. The molecule has 1 fully saturated rings. The Bertz CT molecular complexity index is 1810. The van der Waals surface area contributed by atoms with Crippen LogP contribution in [0.2, 0.25) is 0 Å². The molecule has 4 aromatic rings. The van der Waals surface area contributed by atoms with E-state index in [1.807, 2.05) is 31.2 Å². The highest BCUT2D eigenvalue weighted by Crippen LogP contribution is 2.36. The molecule has 2 aliphatic rings. The van der Waals surface area contributed by atoms with Gasteiger partial charge in [-0.15, -0.1) is 5.73 Å². The van der Waals surface area contributed by atoms with Gasteiger partial charge in [0.15, 0.2) is 0 Å². The average Bonchev–Trinajstić information content (AvgIpc) is 3.55. The SMILES string of the molecule is CCOc1cc(F)c(Cn2nc(C3=NC(Nc4ccnc(C(F)F)c4)=C4CCCC4=C=C3C)c3ccccc32)c(F)c1. The van der Waals surface area contributed by atoms with E-state index in [0.29, 0.717) is 28.4 Å². The highest BCUT2D eigenvalue weighted by molar-refractivity contribution is 6.18. The van der Waals surface area contributed by atoms with Crippen LogP contribution in [0.3, 0.4) is 0 Å². The van der Waals surface area contributed by atoms with Crippen molar-refractivity contribution in [2.24, 2.45) is 4.99 Å². The number of hydrogen-bond acceptors (Lipinski definition) is 5. The van der Waals surface area contributed by atoms with E-state index >= 15 is 0 Å². The van der Waals surface area contributed by atoms with Crippen molar-refractivity contribution in [1.29, 1.82) is 0 Å². The van der Waals surface area contributed by atoms with E-state index in [0.717, 1.165) is 41.4 Å². The number of nitrogens with zero attached hydrogens (tertiary/aromatic N) is 4. The standard InChI is InChI=1S/C32H27F4N5O/c1-3-42-21-15-25(33)24(26(34)16-21)17-41-28-10-5-4-8-23(28)30(40-41)29-18(2)13-19-7-6-9-22(19)32(39-29)38-20-11-12-37-27(14-20)31(35)36/h4-5,8,10-12,14-16,31H,3,6-7,9,17H2,1-2H3,(H,37,38). The molecule has 6 rings (SSSR count). The monoisotopic (exact) mass is 573 g/mol. The Morgan fingerprint density at radius 1 is 1.07 bits per heavy atom. The number of hydrogen-bond donors (Lipinski definition) is 1. The molecule has 0 radical (unpaired) electrons. The van der Waals surface area contributed by atoms with Gasteiger partial charge in [0.25, 0.3) is 6.43 Å². The molecule has 10 heteroatoms. The lowest BCUT2D eigenvalue weighted by atomic mass is 10.1. The van der Waals surface area contributed by atoms with Crippen molar-refractivity contribution in [1.82, 2.24) is 14.8 Å². The van der Waals surface area contributed by atoms with Crippen molar-refractivity contribution in [3.63, 3.8) is 0 Å². The smallest absolute Gasteiger partial charge is 0.280 e. The molecule has 0 unspecified atom stereocenters. The molecule has 0 amide bonds. The molecule has 2 aromatic carbocycles. The minimum atomic E-state index is -2.70. The molecule has 1 N–H and O–H groups in total. The number of ether oxygens (including phenoxy) is 1. The molecule has 42 heavy (non-hydrogen) atoms. The summed E-state index contributed by atoms with van der Waals surface area (Å²) in [5.41, 5.74) is 7.87. The summed E-state index contributed by atoms with van der Waals surface area (Å²) in [7, 11) is 0. The Hall–Kier alpha value is -4.69. The van der Waals surface area contributed by atoms with Crippen molar-refractivity contribution in [2.75, 3.05) is 11.9 Å². The van der Waals surface area contributed by atoms with Crippen LogP contribution in [0, 0.1) is 11.6 Å². The van der Waals surface area contributed by atoms with Gasteiger partial charge in [0.2, 0.25) is 0 Å². The lowest BCUT2D eigenvalue weighted by Gasteiger charge is -2.12. The first-order chi connectivity index (χ1) is 20.3. The van der Waals surface area contributed by atoms with Crippen molar-refractivity contribution in [2.45, 2.75) is 46.1 Å². The van der Waals surface area contributed by atoms with Gasteiger partial charge in [-0.1, -0.05) is 18.2 Å². The molecule has 0 bridgehead atoms. The van der Waals surface area contributed by atoms with E-state index in [2.05, 4.69) is 16.0 Å². The molecule has 1 saturated carbocycles. The highest BCUT2D eigenvalue weighted by Gasteiger charge is 2.26. The van der Waals surface area contributed by atoms with Crippen LogP contribution in [-0.2, 0) is 6.54 Å². The first kappa shape index (κ1) is 27.5. The number of fused-ring (bicyclic) bond motifs is 2. The van der Waals surface area contributed by atoms with Crippen LogP contribution in [-0.4, -0.2) is 27.1 Å². The van der Waals surface area contributed by atoms with Crippen LogP contribution in [0.15, 0.2) is 88.0 Å². The third-order valence-electron chi connectivity index (χ3n) is 7.30. The zero-order valence-corrected chi connectivity index (χ0v) is 23.0. The third-order valence-corrected chi connectivity index (χ3v) is 7.30. The second-order valence-corrected chi connectivity index (χ2v) is 10.1. The Kier molecular flexibility index (Phi) is 7.39. The molecule has 0 atom stereocenters. The van der Waals surface area contributed by atoms with Crippen LogP contribution < -0.4 is 10.1 Å². The molecule has 1 aliphatic heterocycles. The number of halogens is 4. The predicted octanol–water partition coefficient (Wildman–Crippen LogP) is 7.88. The van der Waals surface area contributed by atoms with Gasteiger partial charge < -0.3 is 10.1 Å². The van der Waals surface area contributed by atoms with Crippen LogP contribution in [0.5, 0.6) is 5.75 Å². The Morgan fingerprint density at radius 3 is 2.62 bits per heavy atom. The Balaban J connectivity index is 1.45. The van der Waals surface area contributed by atoms with Crippen molar-refractivity contribution in [3.8, 4) is 5.75 Å². The summed E-state index contributed by atoms with van der Waals surface area (Å²) in [6, 6.07) is 12.7. The van der Waals surface area contributed by atoms with Gasteiger partial charge in [-0.25, -0.2) is 22.6 Å². The number of aliphatic imine (C=N–C) groups is 1. The topological polar surface area (TPSA) is 64.3 Å². The minimum Gasteiger partial charge on any atom is -0.494 e. The van der Waals surface area contributed by atoms with Crippen LogP contribution in [0.4, 0.5) is 23.2 Å². The average molecular weight is 574 g/mol. The molecule has 0 saturated heterocycles. The van der Waals surface area contributed by atoms with Crippen LogP contribution in [0.25, 0.3) is 10.9 Å². The summed E-state index contributed by atoms with van der Waals surface area (Å²) >= 11 is 0. The number of aromatic nitrogens is 3. The number of anilines is 1. The lowest BCUT2D eigenvalue weighted by molar-refractivity contribution is 0.146. The van der Waals surface area contributed by atoms with Crippen LogP contribution in [0.1, 0.15) is 56.5 Å². The predicted molar refractivity (Wildman–Crippen MR) is 153 cm³/mol. The minimum absolute atomic E-state index is 0.123. The van der Waals surface area contributed by atoms with Crippen molar-refractivity contribution >= 4 is 22.3 Å². The number of para-hydroxylation sites is 1. The first-order valence-electron chi connectivity index (χ1n) is 13.7. The number of allylic oxidation sites excluding steroid dienone is 2. The van der Waals surface area contributed by atoms with Gasteiger partial charge in [0.1, 0.15) is 40.3 Å². The summed E-state index contributed by atoms with van der Waals surface area (Å²) in [6.07, 6.45) is 1.12. The largest absolute Gasteiger partial charge is 0.494 e. The number of alkyl halides is 2. The van der Waals surface area contributed by atoms with E-state index in [4.69, 9.17) is 14.8 Å². The quantitative estimate of drug-likeness (QED) is 0.172. The second kappa shape index (κ2) is 11.3. The lowest BCUT2D eigenvalue weighted by Crippen LogP contribution is -2.11. The maximum atomic E-state index is 15.0. The summed E-state index contributed by atoms with van der Waals surface area (Å²) in [4.78, 5) is 8.75. The first-order valence-corrected chi connectivity index (χ1v) is 13.7. The zero-order valence-electron chi connectivity index (χ0n) is 23.0. The highest BCUT2D eigenvalue weighted by atomic mass is 19.3. The molecule has 2 aromatic heterocycles. The van der Waals surface area contributed by atoms with Gasteiger partial charge in [-0.05, 0) is 51.3 Å². The van der Waals surface area contributed by atoms with E-state index in [-0.39, 0.29) is 30.2 Å². The summed E-state index contributed by atoms with van der Waals surface area (Å²) in [6.45, 7) is 3.77.